The maximum absolute atomic E-state index is 13.6. The number of hydrogen-bond acceptors (Lipinski definition) is 6. The summed E-state index contributed by atoms with van der Waals surface area (Å²) in [7, 11) is 1.34. The highest BCUT2D eigenvalue weighted by molar-refractivity contribution is 7.71. The Labute approximate surface area is 200 Å². The summed E-state index contributed by atoms with van der Waals surface area (Å²) < 4.78 is 28.3. The quantitative estimate of drug-likeness (QED) is 0.310. The zero-order valence-corrected chi connectivity index (χ0v) is 19.1. The first-order chi connectivity index (χ1) is 16.5. The van der Waals surface area contributed by atoms with Gasteiger partial charge in [0.2, 0.25) is 10.9 Å². The van der Waals surface area contributed by atoms with Crippen molar-refractivity contribution in [2.45, 2.75) is 12.8 Å². The van der Waals surface area contributed by atoms with Crippen molar-refractivity contribution >= 4 is 23.9 Å². The molecule has 1 atom stereocenters. The van der Waals surface area contributed by atoms with Gasteiger partial charge in [-0.25, -0.2) is 13.9 Å². The second kappa shape index (κ2) is 9.11. The van der Waals surface area contributed by atoms with Gasteiger partial charge in [-0.15, -0.1) is 5.10 Å². The maximum Gasteiger partial charge on any atom is 0.348 e. The number of esters is 1. The van der Waals surface area contributed by atoms with E-state index in [1.807, 2.05) is 64.1 Å². The Morgan fingerprint density at radius 2 is 1.79 bits per heavy atom. The maximum atomic E-state index is 13.6. The SMILES string of the molecule is COC(=O)C1CN(Cn2nc(-c3ccccc3)n(-c3ccc(F)cc3)c2=S)c2ccccc2O1. The molecule has 3 aromatic carbocycles. The number of aromatic nitrogens is 3. The zero-order valence-electron chi connectivity index (χ0n) is 18.3. The summed E-state index contributed by atoms with van der Waals surface area (Å²) in [6.07, 6.45) is -0.776. The number of anilines is 1. The van der Waals surface area contributed by atoms with Gasteiger partial charge in [0, 0.05) is 5.56 Å². The van der Waals surface area contributed by atoms with Crippen LogP contribution in [0.25, 0.3) is 17.1 Å². The van der Waals surface area contributed by atoms with Gasteiger partial charge in [0.15, 0.2) is 5.82 Å². The minimum absolute atomic E-state index is 0.273. The molecule has 0 amide bonds. The molecule has 0 saturated heterocycles. The van der Waals surface area contributed by atoms with E-state index in [0.29, 0.717) is 22.0 Å². The Morgan fingerprint density at radius 1 is 1.09 bits per heavy atom. The number of para-hydroxylation sites is 2. The lowest BCUT2D eigenvalue weighted by Gasteiger charge is -2.34. The number of ether oxygens (including phenoxy) is 2. The van der Waals surface area contributed by atoms with Crippen LogP contribution in [-0.4, -0.2) is 40.1 Å². The molecule has 1 unspecified atom stereocenters. The number of carbonyl (C=O) groups is 1. The fourth-order valence-corrected chi connectivity index (χ4v) is 4.24. The van der Waals surface area contributed by atoms with Gasteiger partial charge in [-0.05, 0) is 48.6 Å². The van der Waals surface area contributed by atoms with E-state index in [-0.39, 0.29) is 19.0 Å². The zero-order chi connectivity index (χ0) is 23.7. The van der Waals surface area contributed by atoms with E-state index in [1.54, 1.807) is 16.8 Å². The van der Waals surface area contributed by atoms with Crippen LogP contribution in [0.4, 0.5) is 10.1 Å². The molecule has 172 valence electrons. The molecule has 0 radical (unpaired) electrons. The van der Waals surface area contributed by atoms with Crippen LogP contribution in [0.5, 0.6) is 5.75 Å². The van der Waals surface area contributed by atoms with Crippen molar-refractivity contribution in [3.63, 3.8) is 0 Å². The van der Waals surface area contributed by atoms with E-state index in [0.717, 1.165) is 11.3 Å². The van der Waals surface area contributed by atoms with Crippen LogP contribution >= 0.6 is 12.2 Å². The predicted molar refractivity (Wildman–Crippen MR) is 128 cm³/mol. The molecule has 0 spiro atoms. The van der Waals surface area contributed by atoms with Gasteiger partial charge < -0.3 is 14.4 Å². The molecule has 0 bridgehead atoms. The summed E-state index contributed by atoms with van der Waals surface area (Å²) in [5.74, 6) is 0.424. The summed E-state index contributed by atoms with van der Waals surface area (Å²) in [5.41, 5.74) is 2.39. The first-order valence-electron chi connectivity index (χ1n) is 10.6. The molecular formula is C25H21FN4O3S. The lowest BCUT2D eigenvalue weighted by molar-refractivity contribution is -0.148. The molecule has 7 nitrogen and oxygen atoms in total. The number of benzene rings is 3. The van der Waals surface area contributed by atoms with Gasteiger partial charge in [-0.1, -0.05) is 42.5 Å². The molecule has 1 aromatic heterocycles. The average Bonchev–Trinajstić information content (AvgIpc) is 3.20. The van der Waals surface area contributed by atoms with Crippen LogP contribution in [-0.2, 0) is 16.2 Å². The Balaban J connectivity index is 1.59. The van der Waals surface area contributed by atoms with Crippen LogP contribution in [0.2, 0.25) is 0 Å². The Kier molecular flexibility index (Phi) is 5.85. The number of fused-ring (bicyclic) bond motifs is 1. The van der Waals surface area contributed by atoms with Crippen LogP contribution in [0.1, 0.15) is 0 Å². The van der Waals surface area contributed by atoms with E-state index < -0.39 is 12.1 Å². The van der Waals surface area contributed by atoms with E-state index in [9.17, 15) is 9.18 Å². The molecule has 1 aliphatic heterocycles. The third-order valence-electron chi connectivity index (χ3n) is 5.59. The Bertz CT molecular complexity index is 1390. The largest absolute Gasteiger partial charge is 0.475 e. The highest BCUT2D eigenvalue weighted by Gasteiger charge is 2.32. The molecule has 0 N–H and O–H groups in total. The lowest BCUT2D eigenvalue weighted by Crippen LogP contribution is -2.45. The fraction of sp³-hybridized carbons (Fsp3) is 0.160. The van der Waals surface area contributed by atoms with Gasteiger partial charge in [0.1, 0.15) is 18.2 Å². The molecule has 0 fully saturated rings. The molecule has 0 aliphatic carbocycles. The van der Waals surface area contributed by atoms with Crippen molar-refractivity contribution in [1.29, 1.82) is 0 Å². The van der Waals surface area contributed by atoms with Crippen molar-refractivity contribution in [2.75, 3.05) is 18.6 Å². The lowest BCUT2D eigenvalue weighted by atomic mass is 10.2. The van der Waals surface area contributed by atoms with Gasteiger partial charge in [-0.3, -0.25) is 4.57 Å². The van der Waals surface area contributed by atoms with Crippen LogP contribution in [0, 0.1) is 10.6 Å². The van der Waals surface area contributed by atoms with Crippen molar-refractivity contribution in [1.82, 2.24) is 14.3 Å². The normalized spacial score (nSPS) is 14.9. The van der Waals surface area contributed by atoms with E-state index in [2.05, 4.69) is 0 Å². The summed E-state index contributed by atoms with van der Waals surface area (Å²) in [6.45, 7) is 0.552. The third-order valence-corrected chi connectivity index (χ3v) is 5.98. The summed E-state index contributed by atoms with van der Waals surface area (Å²) >= 11 is 5.82. The van der Waals surface area contributed by atoms with Crippen molar-refractivity contribution in [2.24, 2.45) is 0 Å². The van der Waals surface area contributed by atoms with Gasteiger partial charge in [-0.2, -0.15) is 0 Å². The number of hydrogen-bond donors (Lipinski definition) is 0. The topological polar surface area (TPSA) is 61.5 Å². The van der Waals surface area contributed by atoms with Gasteiger partial charge in [0.05, 0.1) is 25.0 Å². The van der Waals surface area contributed by atoms with Crippen molar-refractivity contribution < 1.29 is 18.7 Å². The number of rotatable bonds is 5. The highest BCUT2D eigenvalue weighted by atomic mass is 32.1. The molecule has 5 rings (SSSR count). The number of methoxy groups -OCH3 is 1. The fourth-order valence-electron chi connectivity index (χ4n) is 3.95. The molecular weight excluding hydrogens is 455 g/mol. The van der Waals surface area contributed by atoms with Crippen LogP contribution < -0.4 is 9.64 Å². The van der Waals surface area contributed by atoms with E-state index in [1.165, 1.54) is 19.2 Å². The average molecular weight is 477 g/mol. The first-order valence-corrected chi connectivity index (χ1v) is 11.1. The van der Waals surface area contributed by atoms with Gasteiger partial charge in [0.25, 0.3) is 0 Å². The van der Waals surface area contributed by atoms with E-state index in [4.69, 9.17) is 26.8 Å². The second-order valence-corrected chi connectivity index (χ2v) is 8.11. The minimum atomic E-state index is -0.776. The standard InChI is InChI=1S/C25H21FN4O3S/c1-32-24(31)22-15-28(20-9-5-6-10-21(20)33-22)16-29-25(34)30(19-13-11-18(26)12-14-19)23(27-29)17-7-3-2-4-8-17/h2-14,22H,15-16H2,1H3. The molecule has 0 saturated carbocycles. The molecule has 34 heavy (non-hydrogen) atoms. The second-order valence-electron chi connectivity index (χ2n) is 7.74. The molecule has 4 aromatic rings. The third kappa shape index (κ3) is 4.06. The summed E-state index contributed by atoms with van der Waals surface area (Å²) in [6, 6.07) is 23.2. The molecule has 2 heterocycles. The van der Waals surface area contributed by atoms with Crippen molar-refractivity contribution in [3.05, 3.63) is 89.5 Å². The highest BCUT2D eigenvalue weighted by Crippen LogP contribution is 2.34. The van der Waals surface area contributed by atoms with Gasteiger partial charge >= 0.3 is 5.97 Å². The predicted octanol–water partition coefficient (Wildman–Crippen LogP) is 4.61. The monoisotopic (exact) mass is 476 g/mol. The number of carbonyl (C=O) groups excluding carboxylic acids is 1. The first kappa shape index (κ1) is 21.8. The minimum Gasteiger partial charge on any atom is -0.475 e. The Hall–Kier alpha value is -3.98. The summed E-state index contributed by atoms with van der Waals surface area (Å²) in [4.78, 5) is 14.2. The number of halogens is 1. The summed E-state index contributed by atoms with van der Waals surface area (Å²) in [5, 5.41) is 4.82. The Morgan fingerprint density at radius 3 is 2.53 bits per heavy atom. The van der Waals surface area contributed by atoms with Crippen LogP contribution in [0.3, 0.4) is 0 Å². The van der Waals surface area contributed by atoms with Crippen molar-refractivity contribution in [3.8, 4) is 22.8 Å². The van der Waals surface area contributed by atoms with E-state index >= 15 is 0 Å². The smallest absolute Gasteiger partial charge is 0.348 e. The van der Waals surface area contributed by atoms with Crippen LogP contribution in [0.15, 0.2) is 78.9 Å². The molecule has 9 heteroatoms. The number of nitrogens with zero attached hydrogens (tertiary/aromatic N) is 4. The molecule has 1 aliphatic rings.